The van der Waals surface area contributed by atoms with Crippen LogP contribution in [0.2, 0.25) is 19.6 Å². The standard InChI is InChI=1S/C46H84N2OSi.6C6F5.2Al/c1-6-8-10-12-14-16-18-20-22-24-26-28-30-32-34-36-44-45(48-46(47-44)42-38-40-43(41-39-42)49-50(3,4)5)37-35-33-31-29-27-25-23-21-19-17-15-13-11-9-7-2;6*7-2-1-3(8)5(10)6(11)4(2)9;;/h38-41H,6-37H2,1-5H3,(H,47,48);;;;;;;;. The van der Waals surface area contributed by atoms with Crippen molar-refractivity contribution in [2.75, 3.05) is 0 Å². The monoisotopic (exact) mass is 1760 g/mol. The van der Waals surface area contributed by atoms with Gasteiger partial charge in [0, 0.05) is 11.3 Å². The van der Waals surface area contributed by atoms with E-state index in [-0.39, 0.29) is 0 Å². The molecule has 0 aliphatic carbocycles. The first kappa shape index (κ1) is 99.5. The van der Waals surface area contributed by atoms with E-state index in [0.717, 1.165) is 24.4 Å². The van der Waals surface area contributed by atoms with Crippen molar-refractivity contribution >= 4 is 63.2 Å². The van der Waals surface area contributed by atoms with Crippen molar-refractivity contribution in [2.45, 2.75) is 239 Å². The Kier molecular flexibility index (Phi) is 39.4. The normalized spacial score (nSPS) is 11.6. The second-order valence-corrected chi connectivity index (χ2v) is 39.0. The molecule has 0 unspecified atom stereocenters. The van der Waals surface area contributed by atoms with Crippen LogP contribution in [0.1, 0.15) is 218 Å². The van der Waals surface area contributed by atoms with Gasteiger partial charge in [-0.05, 0) is 96.1 Å². The Morgan fingerprint density at radius 2 is 0.424 bits per heavy atom. The summed E-state index contributed by atoms with van der Waals surface area (Å²) in [5.74, 6) is -87.1. The lowest BCUT2D eigenvalue weighted by atomic mass is 10.0. The van der Waals surface area contributed by atoms with Crippen LogP contribution in [-0.4, -0.2) is 46.6 Å². The fraction of sp³-hybridized carbons (Fsp3) is 0.451. The largest absolute Gasteiger partial charge is 0.544 e. The van der Waals surface area contributed by atoms with Crippen molar-refractivity contribution in [1.82, 2.24) is 9.97 Å². The van der Waals surface area contributed by atoms with Gasteiger partial charge >= 0.3 is 28.3 Å². The van der Waals surface area contributed by atoms with Crippen LogP contribution in [0.4, 0.5) is 132 Å². The first-order valence-electron chi connectivity index (χ1n) is 38.7. The SMILES string of the molecule is CCCCCCCCCCCCCCCCCc1nc(-c2ccc(O[Si](C)(C)C)cc2)[nH]c1CCCCCCCCCCCCCCCCC.Fc1c(F)c(F)[c]([Al]([c]2c(F)c(F)c(F)c(F)c2F)[c]2c(F)c(F)c(F)c(F)c2F)c(F)c1F.Fc1c(F)c(F)[c]([Al]([c]2c(F)c(F)c(F)c(F)c2F)[c]2c(F)c(F)c(F)c(F)c2F)c(F)c1F. The number of hydrogen-bond donors (Lipinski definition) is 1. The smallest absolute Gasteiger partial charge is 0.413 e. The Labute approximate surface area is 672 Å². The van der Waals surface area contributed by atoms with Gasteiger partial charge in [-0.3, -0.25) is 0 Å². The maximum absolute atomic E-state index is 14.4. The highest BCUT2D eigenvalue weighted by Crippen LogP contribution is 2.31. The molecule has 0 amide bonds. The molecule has 1 heterocycles. The molecule has 0 atom stereocenters. The molecule has 1 N–H and O–H groups in total. The Balaban J connectivity index is 0.000000282. The van der Waals surface area contributed by atoms with Crippen LogP contribution in [0.3, 0.4) is 0 Å². The summed E-state index contributed by atoms with van der Waals surface area (Å²) in [4.78, 5) is 8.96. The molecule has 0 fully saturated rings. The number of nitrogens with one attached hydrogen (secondary N) is 1. The Morgan fingerprint density at radius 1 is 0.246 bits per heavy atom. The summed E-state index contributed by atoms with van der Waals surface area (Å²) in [6.45, 7) is 11.3. The number of rotatable bonds is 41. The van der Waals surface area contributed by atoms with Crippen molar-refractivity contribution in [2.24, 2.45) is 0 Å². The predicted octanol–water partition coefficient (Wildman–Crippen LogP) is 24.7. The summed E-state index contributed by atoms with van der Waals surface area (Å²) in [5.41, 5.74) is 3.89. The summed E-state index contributed by atoms with van der Waals surface area (Å²) in [6, 6.07) is 8.61. The van der Waals surface area contributed by atoms with Gasteiger partial charge in [0.2, 0.25) is 8.32 Å². The molecule has 8 aromatic rings. The summed E-state index contributed by atoms with van der Waals surface area (Å²) in [5, 5.41) is 0. The second-order valence-electron chi connectivity index (χ2n) is 29.4. The van der Waals surface area contributed by atoms with E-state index in [2.05, 4.69) is 62.7 Å². The van der Waals surface area contributed by atoms with Gasteiger partial charge in [0.15, 0.2) is 175 Å². The molecule has 0 radical (unpaired) electrons. The van der Waals surface area contributed by atoms with E-state index in [4.69, 9.17) is 9.41 Å². The van der Waals surface area contributed by atoms with Crippen LogP contribution < -0.4 is 31.0 Å². The Bertz CT molecular complexity index is 3950. The number of nitrogens with zero attached hydrogens (tertiary/aromatic N) is 1. The Hall–Kier alpha value is -7.27. The number of aromatic nitrogens is 2. The van der Waals surface area contributed by atoms with E-state index >= 15 is 0 Å². The van der Waals surface area contributed by atoms with E-state index in [1.54, 1.807) is 0 Å². The van der Waals surface area contributed by atoms with Crippen LogP contribution in [-0.2, 0) is 12.8 Å². The van der Waals surface area contributed by atoms with E-state index in [9.17, 15) is 132 Å². The number of H-pyrrole nitrogens is 1. The van der Waals surface area contributed by atoms with Crippen LogP contribution in [0.5, 0.6) is 5.75 Å². The lowest BCUT2D eigenvalue weighted by Gasteiger charge is -2.20. The number of imidazole rings is 1. The molecule has 3 nitrogen and oxygen atoms in total. The maximum atomic E-state index is 14.4. The van der Waals surface area contributed by atoms with Gasteiger partial charge in [0.25, 0.3) is 0 Å². The number of aryl methyl sites for hydroxylation is 2. The lowest BCUT2D eigenvalue weighted by Crippen LogP contribution is -2.60. The Morgan fingerprint density at radius 3 is 0.619 bits per heavy atom. The zero-order valence-corrected chi connectivity index (χ0v) is 68.1. The van der Waals surface area contributed by atoms with Gasteiger partial charge in [-0.2, -0.15) is 0 Å². The number of hydrogen-bond acceptors (Lipinski definition) is 2. The number of benzene rings is 7. The average molecular weight is 1770 g/mol. The average Bonchev–Trinajstić information content (AvgIpc) is 0.914. The molecular weight excluding hydrogens is 1680 g/mol. The summed E-state index contributed by atoms with van der Waals surface area (Å²) >= 11 is -11.9. The molecule has 0 aliphatic rings. The van der Waals surface area contributed by atoms with Crippen LogP contribution >= 0.6 is 0 Å². The van der Waals surface area contributed by atoms with E-state index < -0.39 is 238 Å². The quantitative estimate of drug-likeness (QED) is 0.0136. The van der Waals surface area contributed by atoms with Crippen molar-refractivity contribution in [3.63, 3.8) is 0 Å². The van der Waals surface area contributed by atoms with Gasteiger partial charge in [-0.15, -0.1) is 0 Å². The molecule has 8 rings (SSSR count). The third-order valence-corrected chi connectivity index (χ3v) is 27.0. The fourth-order valence-electron chi connectivity index (χ4n) is 13.5. The molecule has 0 saturated carbocycles. The zero-order chi connectivity index (χ0) is 87.9. The zero-order valence-electron chi connectivity index (χ0n) is 64.8. The van der Waals surface area contributed by atoms with Crippen molar-refractivity contribution in [3.8, 4) is 17.1 Å². The predicted molar refractivity (Wildman–Crippen MR) is 392 cm³/mol. The molecular formula is C82H84Al2F30N2OSi. The molecule has 7 aromatic carbocycles. The topological polar surface area (TPSA) is 37.9 Å². The van der Waals surface area contributed by atoms with Crippen LogP contribution in [0.25, 0.3) is 11.4 Å². The van der Waals surface area contributed by atoms with Crippen molar-refractivity contribution in [1.29, 1.82) is 0 Å². The molecule has 0 bridgehead atoms. The highest BCUT2D eigenvalue weighted by Gasteiger charge is 2.49. The molecule has 0 saturated heterocycles. The third-order valence-electron chi connectivity index (χ3n) is 19.7. The summed E-state index contributed by atoms with van der Waals surface area (Å²) in [6.07, 6.45) is 44.6. The van der Waals surface area contributed by atoms with Crippen LogP contribution in [0, 0.1) is 175 Å². The number of aromatic amines is 1. The highest BCUT2D eigenvalue weighted by atomic mass is 28.4. The first-order valence-corrected chi connectivity index (χ1v) is 45.6. The van der Waals surface area contributed by atoms with Gasteiger partial charge in [-0.25, -0.2) is 137 Å². The third kappa shape index (κ3) is 24.8. The first-order chi connectivity index (χ1) is 55.7. The van der Waals surface area contributed by atoms with Crippen molar-refractivity contribution < 1.29 is 136 Å². The van der Waals surface area contributed by atoms with Gasteiger partial charge in [-0.1, -0.05) is 194 Å². The minimum Gasteiger partial charge on any atom is -0.544 e. The number of halogens is 30. The molecule has 0 spiro atoms. The summed E-state index contributed by atoms with van der Waals surface area (Å²) < 4.78 is 409. The van der Waals surface area contributed by atoms with Gasteiger partial charge < -0.3 is 9.41 Å². The van der Waals surface area contributed by atoms with E-state index in [1.165, 1.54) is 210 Å². The molecule has 118 heavy (non-hydrogen) atoms. The van der Waals surface area contributed by atoms with Gasteiger partial charge in [0.1, 0.15) is 11.6 Å². The minimum absolute atomic E-state index is 0.982. The van der Waals surface area contributed by atoms with Crippen LogP contribution in [0.15, 0.2) is 24.3 Å². The maximum Gasteiger partial charge on any atom is 0.413 e. The molecule has 648 valence electrons. The molecule has 1 aromatic heterocycles. The van der Waals surface area contributed by atoms with E-state index in [1.807, 2.05) is 0 Å². The van der Waals surface area contributed by atoms with Gasteiger partial charge in [0.05, 0.1) is 5.69 Å². The minimum atomic E-state index is -5.96. The van der Waals surface area contributed by atoms with Crippen molar-refractivity contribution in [3.05, 3.63) is 210 Å². The number of unbranched alkanes of at least 4 members (excludes halogenated alkanes) is 28. The lowest BCUT2D eigenvalue weighted by molar-refractivity contribution is 0.380. The highest BCUT2D eigenvalue weighted by molar-refractivity contribution is 6.96. The second kappa shape index (κ2) is 46.7. The van der Waals surface area contributed by atoms with E-state index in [0.29, 0.717) is 0 Å². The summed E-state index contributed by atoms with van der Waals surface area (Å²) in [7, 11) is -1.61. The molecule has 36 heteroatoms. The fourth-order valence-corrected chi connectivity index (χ4v) is 20.6. The molecule has 0 aliphatic heterocycles.